The smallest absolute Gasteiger partial charge is 0.0712 e. The van der Waals surface area contributed by atoms with E-state index >= 15 is 0 Å². The van der Waals surface area contributed by atoms with Crippen molar-refractivity contribution >= 4 is 11.6 Å². The number of hydrogen-bond acceptors (Lipinski definition) is 0. The molecule has 0 bridgehead atoms. The molecule has 1 aromatic rings. The minimum Gasteiger partial charge on any atom is -0.114 e. The molecule has 0 N–H and O–H groups in total. The van der Waals surface area contributed by atoms with Gasteiger partial charge in [0.1, 0.15) is 0 Å². The molecule has 0 saturated carbocycles. The van der Waals surface area contributed by atoms with Gasteiger partial charge in [-0.25, -0.2) is 0 Å². The summed E-state index contributed by atoms with van der Waals surface area (Å²) >= 11 is 6.53. The molecule has 0 aromatic heterocycles. The molecule has 1 aromatic carbocycles. The molecule has 0 heterocycles. The lowest BCUT2D eigenvalue weighted by Gasteiger charge is -2.49. The van der Waals surface area contributed by atoms with E-state index in [4.69, 9.17) is 11.6 Å². The van der Waals surface area contributed by atoms with Gasteiger partial charge in [-0.2, -0.15) is 0 Å². The topological polar surface area (TPSA) is 0 Å². The summed E-state index contributed by atoms with van der Waals surface area (Å²) in [5.41, 5.74) is 9.52. The van der Waals surface area contributed by atoms with E-state index in [1.807, 2.05) is 0 Å². The Morgan fingerprint density at radius 3 is 1.88 bits per heavy atom. The highest BCUT2D eigenvalue weighted by molar-refractivity contribution is 6.25. The second kappa shape index (κ2) is 2.67. The van der Waals surface area contributed by atoms with E-state index in [-0.39, 0.29) is 4.87 Å². The summed E-state index contributed by atoms with van der Waals surface area (Å²) in [6, 6.07) is 0. The largest absolute Gasteiger partial charge is 0.114 e. The van der Waals surface area contributed by atoms with Gasteiger partial charge in [0.15, 0.2) is 0 Å². The Labute approximate surface area is 103 Å². The maximum Gasteiger partial charge on any atom is 0.0712 e. The fourth-order valence-corrected chi connectivity index (χ4v) is 4.27. The van der Waals surface area contributed by atoms with Gasteiger partial charge in [0, 0.05) is 0 Å². The van der Waals surface area contributed by atoms with Gasteiger partial charge in [-0.05, 0) is 72.4 Å². The van der Waals surface area contributed by atoms with Gasteiger partial charge >= 0.3 is 0 Å². The fourth-order valence-electron chi connectivity index (χ4n) is 3.88. The first-order chi connectivity index (χ1) is 7.26. The first-order valence-corrected chi connectivity index (χ1v) is 6.48. The van der Waals surface area contributed by atoms with Crippen LogP contribution in [0.3, 0.4) is 0 Å². The van der Waals surface area contributed by atoms with E-state index < -0.39 is 0 Å². The highest BCUT2D eigenvalue weighted by Crippen LogP contribution is 2.55. The highest BCUT2D eigenvalue weighted by atomic mass is 35.5. The molecule has 0 fully saturated rings. The summed E-state index contributed by atoms with van der Waals surface area (Å²) in [6.45, 7) is 11.4. The minimum absolute atomic E-state index is 0.0983. The van der Waals surface area contributed by atoms with E-state index in [1.54, 1.807) is 16.7 Å². The molecular formula is C15H19Cl. The molecule has 2 aliphatic carbocycles. The maximum atomic E-state index is 6.53. The third-order valence-corrected chi connectivity index (χ3v) is 4.93. The minimum atomic E-state index is -0.0983. The van der Waals surface area contributed by atoms with Crippen LogP contribution in [0.5, 0.6) is 0 Å². The Kier molecular flexibility index (Phi) is 1.78. The van der Waals surface area contributed by atoms with Crippen LogP contribution in [0.25, 0.3) is 0 Å². The zero-order chi connectivity index (χ0) is 11.9. The maximum absolute atomic E-state index is 6.53. The Bertz CT molecular complexity index is 443. The Morgan fingerprint density at radius 1 is 0.875 bits per heavy atom. The van der Waals surface area contributed by atoms with Gasteiger partial charge in [-0.3, -0.25) is 0 Å². The average Bonchev–Trinajstić information content (AvgIpc) is 2.09. The number of hydrogen-bond donors (Lipinski definition) is 0. The molecule has 1 atom stereocenters. The van der Waals surface area contributed by atoms with Crippen LogP contribution in [0, 0.1) is 13.8 Å². The molecule has 3 rings (SSSR count). The van der Waals surface area contributed by atoms with Gasteiger partial charge in [-0.15, -0.1) is 11.6 Å². The molecule has 1 heteroatoms. The fraction of sp³-hybridized carbons (Fsp3) is 0.600. The highest BCUT2D eigenvalue weighted by Gasteiger charge is 2.47. The lowest BCUT2D eigenvalue weighted by molar-refractivity contribution is 0.431. The second-order valence-corrected chi connectivity index (χ2v) is 7.23. The van der Waals surface area contributed by atoms with Crippen LogP contribution in [-0.4, -0.2) is 0 Å². The van der Waals surface area contributed by atoms with Gasteiger partial charge in [0.05, 0.1) is 4.87 Å². The van der Waals surface area contributed by atoms with E-state index in [2.05, 4.69) is 34.6 Å². The van der Waals surface area contributed by atoms with Crippen molar-refractivity contribution in [3.8, 4) is 0 Å². The van der Waals surface area contributed by atoms with Gasteiger partial charge < -0.3 is 0 Å². The van der Waals surface area contributed by atoms with Crippen LogP contribution in [0.4, 0.5) is 0 Å². The van der Waals surface area contributed by atoms with Crippen molar-refractivity contribution in [2.45, 2.75) is 57.7 Å². The van der Waals surface area contributed by atoms with Crippen molar-refractivity contribution in [3.05, 3.63) is 33.4 Å². The lowest BCUT2D eigenvalue weighted by Crippen LogP contribution is -2.42. The van der Waals surface area contributed by atoms with Gasteiger partial charge in [0.25, 0.3) is 0 Å². The Morgan fingerprint density at radius 2 is 1.38 bits per heavy atom. The molecule has 86 valence electrons. The lowest BCUT2D eigenvalue weighted by atomic mass is 9.57. The number of fused-ring (bicyclic) bond motifs is 3. The predicted molar refractivity (Wildman–Crippen MR) is 69.6 cm³/mol. The Balaban J connectivity index is 2.31. The molecule has 0 aliphatic heterocycles. The normalized spacial score (nSPS) is 28.9. The van der Waals surface area contributed by atoms with Crippen molar-refractivity contribution in [3.63, 3.8) is 0 Å². The zero-order valence-electron chi connectivity index (χ0n) is 10.8. The summed E-state index contributed by atoms with van der Waals surface area (Å²) in [5.74, 6) is 0. The van der Waals surface area contributed by atoms with Crippen LogP contribution >= 0.6 is 11.6 Å². The van der Waals surface area contributed by atoms with Crippen molar-refractivity contribution in [1.29, 1.82) is 0 Å². The second-order valence-electron chi connectivity index (χ2n) is 6.39. The SMILES string of the molecule is Cc1c(C)c2c(c3c1C(C)(C)C3)CC2(C)Cl. The summed E-state index contributed by atoms with van der Waals surface area (Å²) in [6.07, 6.45) is 2.29. The van der Waals surface area contributed by atoms with E-state index in [0.29, 0.717) is 5.41 Å². The summed E-state index contributed by atoms with van der Waals surface area (Å²) in [4.78, 5) is -0.0983. The predicted octanol–water partition coefficient (Wildman–Crippen LogP) is 4.15. The van der Waals surface area contributed by atoms with Crippen LogP contribution < -0.4 is 0 Å². The standard InChI is InChI=1S/C15H19Cl/c1-8-9(2)13-11(7-15(13,5)16)10-6-14(3,4)12(8)10/h6-7H2,1-5H3. The van der Waals surface area contributed by atoms with Crippen LogP contribution in [0.15, 0.2) is 0 Å². The molecule has 0 spiro atoms. The van der Waals surface area contributed by atoms with Crippen molar-refractivity contribution in [1.82, 2.24) is 0 Å². The number of rotatable bonds is 0. The first kappa shape index (κ1) is 10.7. The molecule has 0 radical (unpaired) electrons. The number of alkyl halides is 1. The summed E-state index contributed by atoms with van der Waals surface area (Å²) in [5, 5.41) is 0. The van der Waals surface area contributed by atoms with Crippen LogP contribution in [0.1, 0.15) is 54.2 Å². The third kappa shape index (κ3) is 1.02. The summed E-state index contributed by atoms with van der Waals surface area (Å²) < 4.78 is 0. The summed E-state index contributed by atoms with van der Waals surface area (Å²) in [7, 11) is 0. The van der Waals surface area contributed by atoms with Crippen molar-refractivity contribution < 1.29 is 0 Å². The molecule has 0 saturated heterocycles. The Hall–Kier alpha value is -0.490. The van der Waals surface area contributed by atoms with Gasteiger partial charge in [0.2, 0.25) is 0 Å². The van der Waals surface area contributed by atoms with E-state index in [9.17, 15) is 0 Å². The molecule has 2 aliphatic rings. The average molecular weight is 235 g/mol. The molecule has 16 heavy (non-hydrogen) atoms. The number of halogens is 1. The van der Waals surface area contributed by atoms with E-state index in [0.717, 1.165) is 6.42 Å². The van der Waals surface area contributed by atoms with Gasteiger partial charge in [-0.1, -0.05) is 13.8 Å². The molecular weight excluding hydrogens is 216 g/mol. The molecule has 1 unspecified atom stereocenters. The third-order valence-electron chi connectivity index (χ3n) is 4.61. The monoisotopic (exact) mass is 234 g/mol. The molecule has 0 amide bonds. The van der Waals surface area contributed by atoms with Crippen LogP contribution in [-0.2, 0) is 23.1 Å². The number of benzene rings is 1. The van der Waals surface area contributed by atoms with Crippen molar-refractivity contribution in [2.24, 2.45) is 0 Å². The van der Waals surface area contributed by atoms with Crippen molar-refractivity contribution in [2.75, 3.05) is 0 Å². The van der Waals surface area contributed by atoms with Crippen LogP contribution in [0.2, 0.25) is 0 Å². The van der Waals surface area contributed by atoms with E-state index in [1.165, 1.54) is 23.1 Å². The first-order valence-electron chi connectivity index (χ1n) is 6.10. The zero-order valence-corrected chi connectivity index (χ0v) is 11.5. The quantitative estimate of drug-likeness (QED) is 0.592. The molecule has 0 nitrogen and oxygen atoms in total.